The Morgan fingerprint density at radius 2 is 1.91 bits per heavy atom. The molecule has 162 valence electrons. The number of thiocarbonyl (C=S) groups is 1. The Labute approximate surface area is 199 Å². The summed E-state index contributed by atoms with van der Waals surface area (Å²) in [6.45, 7) is 1.77. The van der Waals surface area contributed by atoms with Crippen LogP contribution in [-0.2, 0) is 4.79 Å². The quantitative estimate of drug-likeness (QED) is 0.315. The Morgan fingerprint density at radius 1 is 1.12 bits per heavy atom. The molecule has 1 amide bonds. The first-order valence-electron chi connectivity index (χ1n) is 9.63. The Morgan fingerprint density at radius 3 is 2.69 bits per heavy atom. The second-order valence-electron chi connectivity index (χ2n) is 7.03. The molecule has 4 rings (SSSR count). The normalized spacial score (nSPS) is 10.7. The summed E-state index contributed by atoms with van der Waals surface area (Å²) in [5.41, 5.74) is 4.24. The third-order valence-electron chi connectivity index (χ3n) is 4.59. The van der Waals surface area contributed by atoms with Crippen molar-refractivity contribution in [3.05, 3.63) is 76.3 Å². The third-order valence-corrected chi connectivity index (χ3v) is 5.46. The average Bonchev–Trinajstić information content (AvgIpc) is 3.16. The van der Waals surface area contributed by atoms with Gasteiger partial charge in [0.25, 0.3) is 5.91 Å². The number of nitrogens with one attached hydrogen (secondary N) is 3. The number of rotatable bonds is 5. The van der Waals surface area contributed by atoms with Crippen molar-refractivity contribution < 1.29 is 9.53 Å². The maximum Gasteiger partial charge on any atom is 0.264 e. The van der Waals surface area contributed by atoms with E-state index in [1.54, 1.807) is 24.3 Å². The van der Waals surface area contributed by atoms with Gasteiger partial charge in [-0.15, -0.1) is 0 Å². The van der Waals surface area contributed by atoms with Gasteiger partial charge in [0, 0.05) is 21.3 Å². The molecule has 0 atom stereocenters. The van der Waals surface area contributed by atoms with E-state index in [2.05, 4.69) is 20.6 Å². The van der Waals surface area contributed by atoms with Crippen molar-refractivity contribution in [2.75, 3.05) is 11.9 Å². The van der Waals surface area contributed by atoms with Crippen LogP contribution in [0.25, 0.3) is 22.4 Å². The van der Waals surface area contributed by atoms with E-state index in [1.165, 1.54) is 0 Å². The van der Waals surface area contributed by atoms with E-state index in [-0.39, 0.29) is 17.6 Å². The SMILES string of the molecule is Cc1cc2[nH]c(-c3cccc(NC(=S)NC(=O)COc4ccc(Cl)cc4)c3)nc2cc1Cl. The lowest BCUT2D eigenvalue weighted by Gasteiger charge is -2.11. The van der Waals surface area contributed by atoms with Crippen molar-refractivity contribution in [3.63, 3.8) is 0 Å². The number of halogens is 2. The summed E-state index contributed by atoms with van der Waals surface area (Å²) in [6, 6.07) is 18.1. The monoisotopic (exact) mass is 484 g/mol. The minimum atomic E-state index is -0.377. The molecule has 9 heteroatoms. The summed E-state index contributed by atoms with van der Waals surface area (Å²) >= 11 is 17.3. The van der Waals surface area contributed by atoms with Gasteiger partial charge in [-0.05, 0) is 73.2 Å². The third kappa shape index (κ3) is 5.37. The van der Waals surface area contributed by atoms with Crippen LogP contribution in [-0.4, -0.2) is 27.6 Å². The zero-order chi connectivity index (χ0) is 22.7. The molecule has 6 nitrogen and oxygen atoms in total. The highest BCUT2D eigenvalue weighted by Gasteiger charge is 2.10. The van der Waals surface area contributed by atoms with Crippen molar-refractivity contribution in [1.29, 1.82) is 0 Å². The minimum absolute atomic E-state index is 0.166. The topological polar surface area (TPSA) is 79.0 Å². The minimum Gasteiger partial charge on any atom is -0.484 e. The van der Waals surface area contributed by atoms with Crippen molar-refractivity contribution in [2.24, 2.45) is 0 Å². The molecule has 0 radical (unpaired) electrons. The van der Waals surface area contributed by atoms with Gasteiger partial charge in [-0.25, -0.2) is 4.98 Å². The van der Waals surface area contributed by atoms with E-state index in [9.17, 15) is 4.79 Å². The molecule has 0 aliphatic rings. The Hall–Kier alpha value is -3.13. The molecule has 0 saturated heterocycles. The smallest absolute Gasteiger partial charge is 0.264 e. The molecule has 0 bridgehead atoms. The number of carbonyl (C=O) groups is 1. The fraction of sp³-hybridized carbons (Fsp3) is 0.0870. The maximum atomic E-state index is 12.1. The molecular weight excluding hydrogens is 467 g/mol. The predicted molar refractivity (Wildman–Crippen MR) is 133 cm³/mol. The van der Waals surface area contributed by atoms with Gasteiger partial charge in [-0.3, -0.25) is 10.1 Å². The van der Waals surface area contributed by atoms with Gasteiger partial charge in [0.2, 0.25) is 0 Å². The Bertz CT molecular complexity index is 1270. The van der Waals surface area contributed by atoms with Crippen LogP contribution in [0.2, 0.25) is 10.0 Å². The second-order valence-corrected chi connectivity index (χ2v) is 8.28. The van der Waals surface area contributed by atoms with Crippen LogP contribution in [0, 0.1) is 6.92 Å². The highest BCUT2D eigenvalue weighted by Crippen LogP contribution is 2.26. The van der Waals surface area contributed by atoms with E-state index in [0.29, 0.717) is 27.3 Å². The van der Waals surface area contributed by atoms with Crippen LogP contribution in [0.4, 0.5) is 5.69 Å². The first-order chi connectivity index (χ1) is 15.4. The van der Waals surface area contributed by atoms with Gasteiger partial charge < -0.3 is 15.0 Å². The van der Waals surface area contributed by atoms with E-state index in [1.807, 2.05) is 43.3 Å². The fourth-order valence-electron chi connectivity index (χ4n) is 3.03. The van der Waals surface area contributed by atoms with Crippen LogP contribution in [0.1, 0.15) is 5.56 Å². The highest BCUT2D eigenvalue weighted by molar-refractivity contribution is 7.80. The average molecular weight is 485 g/mol. The van der Waals surface area contributed by atoms with Gasteiger partial charge in [0.1, 0.15) is 11.6 Å². The first-order valence-corrected chi connectivity index (χ1v) is 10.8. The number of amides is 1. The number of H-pyrrole nitrogens is 1. The van der Waals surface area contributed by atoms with Gasteiger partial charge in [-0.1, -0.05) is 35.3 Å². The van der Waals surface area contributed by atoms with E-state index in [0.717, 1.165) is 22.2 Å². The van der Waals surface area contributed by atoms with Crippen molar-refractivity contribution in [1.82, 2.24) is 15.3 Å². The number of fused-ring (bicyclic) bond motifs is 1. The van der Waals surface area contributed by atoms with Crippen LogP contribution >= 0.6 is 35.4 Å². The summed E-state index contributed by atoms with van der Waals surface area (Å²) in [5, 5.41) is 7.03. The largest absolute Gasteiger partial charge is 0.484 e. The zero-order valence-electron chi connectivity index (χ0n) is 16.9. The standard InChI is InChI=1S/C23H18Cl2N4O2S/c1-13-9-19-20(11-18(13)25)28-22(27-19)14-3-2-4-16(10-14)26-23(32)29-21(30)12-31-17-7-5-15(24)6-8-17/h2-11H,12H2,1H3,(H,27,28)(H2,26,29,30,32). The highest BCUT2D eigenvalue weighted by atomic mass is 35.5. The van der Waals surface area contributed by atoms with Crippen LogP contribution in [0.5, 0.6) is 5.75 Å². The lowest BCUT2D eigenvalue weighted by molar-refractivity contribution is -0.121. The maximum absolute atomic E-state index is 12.1. The number of imidazole rings is 1. The number of nitrogens with zero attached hydrogens (tertiary/aromatic N) is 1. The van der Waals surface area contributed by atoms with Crippen LogP contribution < -0.4 is 15.4 Å². The van der Waals surface area contributed by atoms with Crippen molar-refractivity contribution in [3.8, 4) is 17.1 Å². The first kappa shape index (κ1) is 22.1. The summed E-state index contributed by atoms with van der Waals surface area (Å²) in [5.74, 6) is 0.869. The van der Waals surface area contributed by atoms with Gasteiger partial charge >= 0.3 is 0 Å². The van der Waals surface area contributed by atoms with Crippen LogP contribution in [0.3, 0.4) is 0 Å². The van der Waals surface area contributed by atoms with Gasteiger partial charge in [0.15, 0.2) is 11.7 Å². The number of hydrogen-bond acceptors (Lipinski definition) is 4. The number of anilines is 1. The Kier molecular flexibility index (Phi) is 6.60. The van der Waals surface area contributed by atoms with Gasteiger partial charge in [0.05, 0.1) is 11.0 Å². The number of ether oxygens (including phenoxy) is 1. The molecule has 0 aliphatic carbocycles. The fourth-order valence-corrected chi connectivity index (χ4v) is 3.54. The van der Waals surface area contributed by atoms with Crippen LogP contribution in [0.15, 0.2) is 60.7 Å². The zero-order valence-corrected chi connectivity index (χ0v) is 19.2. The molecule has 3 N–H and O–H groups in total. The van der Waals surface area contributed by atoms with E-state index in [4.69, 9.17) is 40.2 Å². The number of carbonyl (C=O) groups excluding carboxylic acids is 1. The lowest BCUT2D eigenvalue weighted by Crippen LogP contribution is -2.37. The molecule has 0 fully saturated rings. The molecule has 32 heavy (non-hydrogen) atoms. The summed E-state index contributed by atoms with van der Waals surface area (Å²) in [6.07, 6.45) is 0. The predicted octanol–water partition coefficient (Wildman–Crippen LogP) is 5.74. The molecule has 0 saturated carbocycles. The molecule has 0 spiro atoms. The molecule has 0 unspecified atom stereocenters. The lowest BCUT2D eigenvalue weighted by atomic mass is 10.2. The summed E-state index contributed by atoms with van der Waals surface area (Å²) < 4.78 is 5.42. The Balaban J connectivity index is 1.38. The molecule has 4 aromatic rings. The number of hydrogen-bond donors (Lipinski definition) is 3. The summed E-state index contributed by atoms with van der Waals surface area (Å²) in [4.78, 5) is 20.0. The molecule has 0 aliphatic heterocycles. The number of aryl methyl sites for hydroxylation is 1. The van der Waals surface area contributed by atoms with Crippen molar-refractivity contribution in [2.45, 2.75) is 6.92 Å². The van der Waals surface area contributed by atoms with Crippen molar-refractivity contribution >= 4 is 63.2 Å². The summed E-state index contributed by atoms with van der Waals surface area (Å²) in [7, 11) is 0. The number of aromatic amines is 1. The van der Waals surface area contributed by atoms with E-state index < -0.39 is 0 Å². The number of benzene rings is 3. The molecule has 1 heterocycles. The van der Waals surface area contributed by atoms with Gasteiger partial charge in [-0.2, -0.15) is 0 Å². The number of aromatic nitrogens is 2. The molecule has 1 aromatic heterocycles. The molecular formula is C23H18Cl2N4O2S. The van der Waals surface area contributed by atoms with E-state index >= 15 is 0 Å². The second kappa shape index (κ2) is 9.56. The molecule has 3 aromatic carbocycles.